The first kappa shape index (κ1) is 22.4. The first-order valence-corrected chi connectivity index (χ1v) is 9.69. The van der Waals surface area contributed by atoms with Crippen LogP contribution in [-0.2, 0) is 20.5 Å². The van der Waals surface area contributed by atoms with Gasteiger partial charge in [0.2, 0.25) is 0 Å². The van der Waals surface area contributed by atoms with Crippen LogP contribution in [0.15, 0.2) is 39.9 Å². The first-order chi connectivity index (χ1) is 13.8. The van der Waals surface area contributed by atoms with Gasteiger partial charge in [-0.05, 0) is 44.5 Å². The van der Waals surface area contributed by atoms with E-state index in [9.17, 15) is 19.7 Å². The Morgan fingerprint density at radius 3 is 2.38 bits per heavy atom. The Morgan fingerprint density at radius 2 is 1.76 bits per heavy atom. The second kappa shape index (κ2) is 10.6. The summed E-state index contributed by atoms with van der Waals surface area (Å²) in [6.07, 6.45) is 2.46. The Balaban J connectivity index is 1.85. The topological polar surface area (TPSA) is 99.6 Å². The molecule has 0 aliphatic rings. The molecule has 9 heteroatoms. The average molecular weight is 404 g/mol. The SMILES string of the molecule is CCCN(CCCc1cc(=O)n(C)c(=O)n1C)CCOc1ccc([N+](=O)[O-])cc1. The zero-order valence-electron chi connectivity index (χ0n) is 17.2. The van der Waals surface area contributed by atoms with Gasteiger partial charge in [0.1, 0.15) is 12.4 Å². The standard InChI is InChI=1S/C20H28N4O5/c1-4-11-23(13-14-29-18-9-7-16(8-10-18)24(27)28)12-5-6-17-15-19(25)22(3)20(26)21(17)2/h7-10,15H,4-6,11-14H2,1-3H3. The van der Waals surface area contributed by atoms with Gasteiger partial charge in [-0.2, -0.15) is 0 Å². The minimum atomic E-state index is -0.439. The molecule has 0 N–H and O–H groups in total. The molecule has 0 aliphatic heterocycles. The van der Waals surface area contributed by atoms with Crippen molar-refractivity contribution in [3.8, 4) is 5.75 Å². The third kappa shape index (κ3) is 6.28. The van der Waals surface area contributed by atoms with Crippen LogP contribution in [-0.4, -0.2) is 45.2 Å². The molecular weight excluding hydrogens is 376 g/mol. The predicted molar refractivity (Wildman–Crippen MR) is 111 cm³/mol. The lowest BCUT2D eigenvalue weighted by Gasteiger charge is -2.22. The number of nitro benzene ring substituents is 1. The van der Waals surface area contributed by atoms with Crippen LogP contribution in [0.5, 0.6) is 5.75 Å². The number of nitro groups is 1. The van der Waals surface area contributed by atoms with E-state index in [4.69, 9.17) is 4.74 Å². The molecule has 1 heterocycles. The van der Waals surface area contributed by atoms with Gasteiger partial charge in [-0.3, -0.25) is 24.4 Å². The molecule has 1 aromatic heterocycles. The van der Waals surface area contributed by atoms with Crippen LogP contribution in [0.1, 0.15) is 25.5 Å². The van der Waals surface area contributed by atoms with Crippen molar-refractivity contribution < 1.29 is 9.66 Å². The van der Waals surface area contributed by atoms with E-state index in [0.29, 0.717) is 18.8 Å². The van der Waals surface area contributed by atoms with Gasteiger partial charge in [0.25, 0.3) is 11.2 Å². The molecule has 29 heavy (non-hydrogen) atoms. The number of aryl methyl sites for hydroxylation is 1. The van der Waals surface area contributed by atoms with Crippen molar-refractivity contribution in [2.24, 2.45) is 14.1 Å². The lowest BCUT2D eigenvalue weighted by molar-refractivity contribution is -0.384. The lowest BCUT2D eigenvalue weighted by atomic mass is 10.2. The molecule has 2 aromatic rings. The number of hydrogen-bond acceptors (Lipinski definition) is 6. The summed E-state index contributed by atoms with van der Waals surface area (Å²) in [4.78, 5) is 36.4. The molecule has 0 bridgehead atoms. The van der Waals surface area contributed by atoms with Gasteiger partial charge < -0.3 is 9.30 Å². The van der Waals surface area contributed by atoms with Crippen molar-refractivity contribution in [3.05, 3.63) is 67.0 Å². The summed E-state index contributed by atoms with van der Waals surface area (Å²) in [6.45, 7) is 5.04. The van der Waals surface area contributed by atoms with Crippen molar-refractivity contribution in [3.63, 3.8) is 0 Å². The quantitative estimate of drug-likeness (QED) is 0.418. The van der Waals surface area contributed by atoms with Crippen molar-refractivity contribution in [1.29, 1.82) is 0 Å². The lowest BCUT2D eigenvalue weighted by Crippen LogP contribution is -2.38. The summed E-state index contributed by atoms with van der Waals surface area (Å²) < 4.78 is 8.31. The van der Waals surface area contributed by atoms with Crippen LogP contribution in [0, 0.1) is 10.1 Å². The average Bonchev–Trinajstić information content (AvgIpc) is 2.70. The summed E-state index contributed by atoms with van der Waals surface area (Å²) in [5.41, 5.74) is 0.172. The molecule has 158 valence electrons. The Hall–Kier alpha value is -2.94. The summed E-state index contributed by atoms with van der Waals surface area (Å²) in [5, 5.41) is 10.7. The third-order valence-electron chi connectivity index (χ3n) is 4.80. The molecule has 0 saturated carbocycles. The Bertz CT molecular complexity index is 933. The molecule has 0 saturated heterocycles. The molecule has 0 radical (unpaired) electrons. The molecule has 0 aliphatic carbocycles. The molecule has 0 atom stereocenters. The van der Waals surface area contributed by atoms with Crippen LogP contribution in [0.4, 0.5) is 5.69 Å². The van der Waals surface area contributed by atoms with Crippen molar-refractivity contribution in [2.75, 3.05) is 26.2 Å². The molecule has 0 unspecified atom stereocenters. The number of ether oxygens (including phenoxy) is 1. The minimum absolute atomic E-state index is 0.0371. The van der Waals surface area contributed by atoms with Gasteiger partial charge >= 0.3 is 5.69 Å². The molecule has 0 spiro atoms. The minimum Gasteiger partial charge on any atom is -0.492 e. The second-order valence-electron chi connectivity index (χ2n) is 6.92. The van der Waals surface area contributed by atoms with Gasteiger partial charge in [-0.1, -0.05) is 6.92 Å². The summed E-state index contributed by atoms with van der Waals surface area (Å²) in [6, 6.07) is 7.56. The molecule has 0 amide bonds. The maximum atomic E-state index is 12.0. The fourth-order valence-corrected chi connectivity index (χ4v) is 3.11. The molecule has 2 rings (SSSR count). The highest BCUT2D eigenvalue weighted by Gasteiger charge is 2.09. The summed E-state index contributed by atoms with van der Waals surface area (Å²) >= 11 is 0. The first-order valence-electron chi connectivity index (χ1n) is 9.69. The van der Waals surface area contributed by atoms with Crippen LogP contribution >= 0.6 is 0 Å². The number of benzene rings is 1. The van der Waals surface area contributed by atoms with Gasteiger partial charge in [-0.25, -0.2) is 4.79 Å². The normalized spacial score (nSPS) is 11.0. The number of nitrogens with zero attached hydrogens (tertiary/aromatic N) is 4. The second-order valence-corrected chi connectivity index (χ2v) is 6.92. The highest BCUT2D eigenvalue weighted by molar-refractivity contribution is 5.35. The van der Waals surface area contributed by atoms with E-state index in [1.165, 1.54) is 29.8 Å². The highest BCUT2D eigenvalue weighted by atomic mass is 16.6. The van der Waals surface area contributed by atoms with Gasteiger partial charge in [0.05, 0.1) is 4.92 Å². The van der Waals surface area contributed by atoms with Crippen LogP contribution in [0.3, 0.4) is 0 Å². The smallest absolute Gasteiger partial charge is 0.330 e. The Kier molecular flexibility index (Phi) is 8.14. The zero-order valence-corrected chi connectivity index (χ0v) is 17.2. The van der Waals surface area contributed by atoms with E-state index in [0.717, 1.165) is 42.7 Å². The van der Waals surface area contributed by atoms with Gasteiger partial charge in [0.15, 0.2) is 0 Å². The molecule has 9 nitrogen and oxygen atoms in total. The monoisotopic (exact) mass is 404 g/mol. The van der Waals surface area contributed by atoms with Crippen molar-refractivity contribution in [2.45, 2.75) is 26.2 Å². The molecule has 1 aromatic carbocycles. The number of non-ortho nitro benzene ring substituents is 1. The van der Waals surface area contributed by atoms with Crippen LogP contribution < -0.4 is 16.0 Å². The fourth-order valence-electron chi connectivity index (χ4n) is 3.11. The van der Waals surface area contributed by atoms with E-state index in [-0.39, 0.29) is 16.9 Å². The fraction of sp³-hybridized carbons (Fsp3) is 0.500. The highest BCUT2D eigenvalue weighted by Crippen LogP contribution is 2.17. The van der Waals surface area contributed by atoms with E-state index < -0.39 is 4.92 Å². The van der Waals surface area contributed by atoms with Crippen molar-refractivity contribution >= 4 is 5.69 Å². The Morgan fingerprint density at radius 1 is 1.07 bits per heavy atom. The van der Waals surface area contributed by atoms with Crippen LogP contribution in [0.25, 0.3) is 0 Å². The van der Waals surface area contributed by atoms with Crippen molar-refractivity contribution in [1.82, 2.24) is 14.0 Å². The number of hydrogen-bond donors (Lipinski definition) is 0. The number of aromatic nitrogens is 2. The third-order valence-corrected chi connectivity index (χ3v) is 4.80. The van der Waals surface area contributed by atoms with E-state index in [1.807, 2.05) is 0 Å². The summed E-state index contributed by atoms with van der Waals surface area (Å²) in [7, 11) is 3.15. The van der Waals surface area contributed by atoms with Gasteiger partial charge in [-0.15, -0.1) is 0 Å². The predicted octanol–water partition coefficient (Wildman–Crippen LogP) is 1.72. The maximum Gasteiger partial charge on any atom is 0.330 e. The van der Waals surface area contributed by atoms with E-state index in [2.05, 4.69) is 11.8 Å². The molecular formula is C20H28N4O5. The van der Waals surface area contributed by atoms with E-state index in [1.54, 1.807) is 19.2 Å². The largest absolute Gasteiger partial charge is 0.492 e. The summed E-state index contributed by atoms with van der Waals surface area (Å²) in [5.74, 6) is 0.599. The maximum absolute atomic E-state index is 12.0. The molecule has 0 fully saturated rings. The Labute approximate surface area is 169 Å². The van der Waals surface area contributed by atoms with E-state index >= 15 is 0 Å². The number of rotatable bonds is 11. The zero-order chi connectivity index (χ0) is 21.4. The van der Waals surface area contributed by atoms with Gasteiger partial charge in [0, 0.05) is 44.5 Å². The van der Waals surface area contributed by atoms with Crippen LogP contribution in [0.2, 0.25) is 0 Å².